The highest BCUT2D eigenvalue weighted by Crippen LogP contribution is 2.42. The Labute approximate surface area is 294 Å². The first-order valence-corrected chi connectivity index (χ1v) is 17.7. The Morgan fingerprint density at radius 1 is 0.569 bits per heavy atom. The molecule has 3 aromatic heterocycles. The lowest BCUT2D eigenvalue weighted by Gasteiger charge is -2.17. The minimum atomic E-state index is 0.479. The number of fused-ring (bicyclic) bond motifs is 11. The molecule has 0 saturated heterocycles. The summed E-state index contributed by atoms with van der Waals surface area (Å²) in [5.74, 6) is 1.16. The van der Waals surface area contributed by atoms with Gasteiger partial charge in [0.2, 0.25) is 5.95 Å². The molecule has 4 heteroatoms. The second kappa shape index (κ2) is 10.7. The first-order chi connectivity index (χ1) is 25.2. The maximum absolute atomic E-state index is 5.54. The molecule has 240 valence electrons. The normalized spacial score (nSPS) is 14.4. The molecule has 1 aliphatic rings. The van der Waals surface area contributed by atoms with Crippen molar-refractivity contribution in [3.05, 3.63) is 163 Å². The van der Waals surface area contributed by atoms with Crippen molar-refractivity contribution in [2.45, 2.75) is 13.3 Å². The maximum Gasteiger partial charge on any atom is 0.235 e. The van der Waals surface area contributed by atoms with Gasteiger partial charge in [-0.15, -0.1) is 0 Å². The highest BCUT2D eigenvalue weighted by molar-refractivity contribution is 6.20. The lowest BCUT2D eigenvalue weighted by Crippen LogP contribution is -2.05. The Morgan fingerprint density at radius 2 is 1.31 bits per heavy atom. The van der Waals surface area contributed by atoms with E-state index in [9.17, 15) is 0 Å². The number of rotatable bonds is 3. The van der Waals surface area contributed by atoms with Crippen LogP contribution in [0.3, 0.4) is 0 Å². The maximum atomic E-state index is 5.54. The van der Waals surface area contributed by atoms with Crippen LogP contribution in [0.25, 0.3) is 94.3 Å². The van der Waals surface area contributed by atoms with Gasteiger partial charge in [0.15, 0.2) is 0 Å². The van der Waals surface area contributed by atoms with Gasteiger partial charge in [0, 0.05) is 43.6 Å². The summed E-state index contributed by atoms with van der Waals surface area (Å²) >= 11 is 0. The highest BCUT2D eigenvalue weighted by atomic mass is 15.2. The fourth-order valence-corrected chi connectivity index (χ4v) is 8.56. The number of nitrogens with zero attached hydrogens (tertiary/aromatic N) is 4. The number of hydrogen-bond acceptors (Lipinski definition) is 2. The molecule has 1 atom stereocenters. The monoisotopic (exact) mass is 652 g/mol. The van der Waals surface area contributed by atoms with Crippen LogP contribution < -0.4 is 0 Å². The van der Waals surface area contributed by atoms with E-state index in [0.29, 0.717) is 11.9 Å². The number of allylic oxidation sites excluding steroid dienone is 1. The lowest BCUT2D eigenvalue weighted by atomic mass is 9.87. The largest absolute Gasteiger partial charge is 0.309 e. The molecule has 3 heterocycles. The fourth-order valence-electron chi connectivity index (χ4n) is 8.56. The molecule has 0 saturated carbocycles. The summed E-state index contributed by atoms with van der Waals surface area (Å²) in [5, 5.41) is 8.44. The van der Waals surface area contributed by atoms with Crippen molar-refractivity contribution in [2.24, 2.45) is 5.92 Å². The Kier molecular flexibility index (Phi) is 5.97. The minimum absolute atomic E-state index is 0.479. The molecule has 0 aliphatic heterocycles. The van der Waals surface area contributed by atoms with Crippen LogP contribution in [0.2, 0.25) is 0 Å². The summed E-state index contributed by atoms with van der Waals surface area (Å²) in [4.78, 5) is 10.9. The van der Waals surface area contributed by atoms with Crippen molar-refractivity contribution >= 4 is 71.4 Å². The molecule has 0 fully saturated rings. The molecule has 1 unspecified atom stereocenters. The Hall–Kier alpha value is -6.52. The molecular weight excluding hydrogens is 621 g/mol. The number of hydrogen-bond donors (Lipinski definition) is 0. The van der Waals surface area contributed by atoms with Gasteiger partial charge in [-0.1, -0.05) is 128 Å². The smallest absolute Gasteiger partial charge is 0.235 e. The van der Waals surface area contributed by atoms with E-state index < -0.39 is 0 Å². The van der Waals surface area contributed by atoms with Gasteiger partial charge in [-0.25, -0.2) is 9.97 Å². The van der Waals surface area contributed by atoms with Crippen molar-refractivity contribution in [3.8, 4) is 22.9 Å². The summed E-state index contributed by atoms with van der Waals surface area (Å²) in [6, 6.07) is 52.3. The molecule has 0 radical (unpaired) electrons. The third-order valence-corrected chi connectivity index (χ3v) is 10.8. The number of benzene rings is 7. The second-order valence-corrected chi connectivity index (χ2v) is 13.9. The molecule has 7 aromatic carbocycles. The van der Waals surface area contributed by atoms with Crippen molar-refractivity contribution in [1.29, 1.82) is 0 Å². The standard InChI is InChI=1S/C47H32N4/c1-29-19-20-31-23-26-42-44(39(31)27-29)38-25-21-30-11-5-6-14-34(30)46(38)51(42)47-48-40-17-9-7-16-37(40)45(49-47)32-22-24-36-35-15-8-10-18-41(35)50(43(36)28-32)33-12-3-2-4-13-33/h2-26,28-29H,27H2,1H3. The lowest BCUT2D eigenvalue weighted by molar-refractivity contribution is 0.721. The predicted octanol–water partition coefficient (Wildman–Crippen LogP) is 11.8. The Bertz CT molecular complexity index is 3070. The average Bonchev–Trinajstić information content (AvgIpc) is 3.71. The summed E-state index contributed by atoms with van der Waals surface area (Å²) in [5.41, 5.74) is 11.4. The number of para-hydroxylation sites is 3. The molecule has 11 rings (SSSR count). The van der Waals surface area contributed by atoms with Gasteiger partial charge in [-0.3, -0.25) is 4.57 Å². The molecule has 0 spiro atoms. The summed E-state index contributed by atoms with van der Waals surface area (Å²) < 4.78 is 4.70. The van der Waals surface area contributed by atoms with Crippen molar-refractivity contribution in [3.63, 3.8) is 0 Å². The van der Waals surface area contributed by atoms with Crippen LogP contribution in [0.1, 0.15) is 18.1 Å². The van der Waals surface area contributed by atoms with E-state index in [1.54, 1.807) is 0 Å². The summed E-state index contributed by atoms with van der Waals surface area (Å²) in [6.45, 7) is 2.31. The Morgan fingerprint density at radius 3 is 2.22 bits per heavy atom. The van der Waals surface area contributed by atoms with Gasteiger partial charge < -0.3 is 4.57 Å². The van der Waals surface area contributed by atoms with Gasteiger partial charge in [-0.05, 0) is 65.3 Å². The van der Waals surface area contributed by atoms with Gasteiger partial charge in [0.25, 0.3) is 0 Å². The molecule has 4 nitrogen and oxygen atoms in total. The van der Waals surface area contributed by atoms with E-state index in [2.05, 4.69) is 174 Å². The van der Waals surface area contributed by atoms with Crippen LogP contribution in [-0.4, -0.2) is 19.1 Å². The van der Waals surface area contributed by atoms with Gasteiger partial charge in [-0.2, -0.15) is 0 Å². The van der Waals surface area contributed by atoms with Gasteiger partial charge >= 0.3 is 0 Å². The predicted molar refractivity (Wildman–Crippen MR) is 213 cm³/mol. The zero-order valence-corrected chi connectivity index (χ0v) is 28.1. The van der Waals surface area contributed by atoms with Crippen LogP contribution in [0.15, 0.2) is 152 Å². The minimum Gasteiger partial charge on any atom is -0.309 e. The topological polar surface area (TPSA) is 35.6 Å². The third-order valence-electron chi connectivity index (χ3n) is 10.8. The number of aromatic nitrogens is 4. The van der Waals surface area contributed by atoms with Gasteiger partial charge in [0.1, 0.15) is 0 Å². The van der Waals surface area contributed by atoms with E-state index >= 15 is 0 Å². The van der Waals surface area contributed by atoms with E-state index in [1.807, 2.05) is 0 Å². The summed E-state index contributed by atoms with van der Waals surface area (Å²) in [7, 11) is 0. The summed E-state index contributed by atoms with van der Waals surface area (Å²) in [6.07, 6.45) is 5.63. The van der Waals surface area contributed by atoms with Crippen molar-refractivity contribution in [1.82, 2.24) is 19.1 Å². The van der Waals surface area contributed by atoms with E-state index in [4.69, 9.17) is 9.97 Å². The third kappa shape index (κ3) is 4.14. The zero-order chi connectivity index (χ0) is 33.6. The van der Waals surface area contributed by atoms with Crippen molar-refractivity contribution in [2.75, 3.05) is 0 Å². The Balaban J connectivity index is 1.24. The average molecular weight is 653 g/mol. The molecule has 10 aromatic rings. The van der Waals surface area contributed by atoms with Crippen LogP contribution in [0.5, 0.6) is 0 Å². The molecule has 0 N–H and O–H groups in total. The SMILES string of the molecule is CC1C=Cc2ccc3c(c2C1)c1ccc2ccccc2c1n3-c1nc(-c2ccc3c4ccccc4n(-c4ccccc4)c3c2)c2ccccc2n1. The quantitative estimate of drug-likeness (QED) is 0.190. The highest BCUT2D eigenvalue weighted by Gasteiger charge is 2.24. The van der Waals surface area contributed by atoms with Crippen LogP contribution in [0, 0.1) is 5.92 Å². The van der Waals surface area contributed by atoms with E-state index in [-0.39, 0.29) is 0 Å². The van der Waals surface area contributed by atoms with Crippen molar-refractivity contribution < 1.29 is 0 Å². The first-order valence-electron chi connectivity index (χ1n) is 17.7. The van der Waals surface area contributed by atoms with Crippen LogP contribution >= 0.6 is 0 Å². The molecule has 1 aliphatic carbocycles. The van der Waals surface area contributed by atoms with E-state index in [0.717, 1.165) is 50.8 Å². The molecular formula is C47H32N4. The molecule has 0 bridgehead atoms. The van der Waals surface area contributed by atoms with Gasteiger partial charge in [0.05, 0.1) is 33.3 Å². The molecule has 0 amide bonds. The van der Waals surface area contributed by atoms with Crippen LogP contribution in [0.4, 0.5) is 0 Å². The fraction of sp³-hybridized carbons (Fsp3) is 0.0638. The zero-order valence-electron chi connectivity index (χ0n) is 28.1. The first kappa shape index (κ1) is 28.3. The molecule has 51 heavy (non-hydrogen) atoms. The second-order valence-electron chi connectivity index (χ2n) is 13.9. The van der Waals surface area contributed by atoms with Crippen LogP contribution in [-0.2, 0) is 6.42 Å². The van der Waals surface area contributed by atoms with E-state index in [1.165, 1.54) is 49.0 Å².